The summed E-state index contributed by atoms with van der Waals surface area (Å²) in [7, 11) is 3.35. The zero-order valence-corrected chi connectivity index (χ0v) is 12.7. The van der Waals surface area contributed by atoms with Crippen LogP contribution in [0.2, 0.25) is 0 Å². The summed E-state index contributed by atoms with van der Waals surface area (Å²) in [6, 6.07) is 10.3. The second kappa shape index (κ2) is 5.64. The van der Waals surface area contributed by atoms with Gasteiger partial charge in [0.25, 0.3) is 0 Å². The monoisotopic (exact) mass is 284 g/mol. The molecule has 0 fully saturated rings. The molecule has 110 valence electrons. The normalized spacial score (nSPS) is 13.8. The van der Waals surface area contributed by atoms with Gasteiger partial charge in [0, 0.05) is 18.8 Å². The lowest BCUT2D eigenvalue weighted by molar-refractivity contribution is 0.353. The number of pyridine rings is 1. The molecule has 1 aliphatic heterocycles. The second-order valence-electron chi connectivity index (χ2n) is 5.28. The van der Waals surface area contributed by atoms with Crippen molar-refractivity contribution in [3.8, 4) is 11.5 Å². The summed E-state index contributed by atoms with van der Waals surface area (Å²) in [6.45, 7) is 3.85. The van der Waals surface area contributed by atoms with Gasteiger partial charge in [0.1, 0.15) is 5.82 Å². The average molecular weight is 284 g/mol. The fourth-order valence-electron chi connectivity index (χ4n) is 2.78. The molecule has 0 aliphatic carbocycles. The number of hydrogen-bond donors (Lipinski definition) is 0. The van der Waals surface area contributed by atoms with E-state index >= 15 is 0 Å². The van der Waals surface area contributed by atoms with Crippen LogP contribution in [0.5, 0.6) is 11.5 Å². The van der Waals surface area contributed by atoms with Gasteiger partial charge >= 0.3 is 0 Å². The van der Waals surface area contributed by atoms with Crippen molar-refractivity contribution in [3.63, 3.8) is 0 Å². The van der Waals surface area contributed by atoms with Crippen LogP contribution < -0.4 is 14.4 Å². The molecule has 2 heterocycles. The van der Waals surface area contributed by atoms with E-state index in [0.717, 1.165) is 42.5 Å². The maximum atomic E-state index is 5.40. The molecule has 0 atom stereocenters. The summed E-state index contributed by atoms with van der Waals surface area (Å²) in [5, 5.41) is 0. The van der Waals surface area contributed by atoms with Crippen LogP contribution in [0.3, 0.4) is 0 Å². The number of aryl methyl sites for hydroxylation is 1. The number of benzene rings is 1. The smallest absolute Gasteiger partial charge is 0.161 e. The Morgan fingerprint density at radius 2 is 1.76 bits per heavy atom. The number of fused-ring (bicyclic) bond motifs is 1. The predicted octanol–water partition coefficient (Wildman–Crippen LogP) is 2.97. The Labute approximate surface area is 125 Å². The zero-order valence-electron chi connectivity index (χ0n) is 12.7. The first-order valence-corrected chi connectivity index (χ1v) is 7.13. The summed E-state index contributed by atoms with van der Waals surface area (Å²) in [4.78, 5) is 6.92. The molecular weight excluding hydrogens is 264 g/mol. The Morgan fingerprint density at radius 1 is 1.05 bits per heavy atom. The van der Waals surface area contributed by atoms with E-state index in [-0.39, 0.29) is 0 Å². The van der Waals surface area contributed by atoms with E-state index in [1.54, 1.807) is 14.2 Å². The van der Waals surface area contributed by atoms with E-state index in [1.807, 2.05) is 13.0 Å². The number of methoxy groups -OCH3 is 2. The van der Waals surface area contributed by atoms with Crippen LogP contribution in [0.15, 0.2) is 30.3 Å². The highest BCUT2D eigenvalue weighted by Crippen LogP contribution is 2.34. The van der Waals surface area contributed by atoms with Crippen molar-refractivity contribution in [2.24, 2.45) is 0 Å². The average Bonchev–Trinajstić information content (AvgIpc) is 2.53. The molecule has 0 bridgehead atoms. The van der Waals surface area contributed by atoms with Crippen LogP contribution >= 0.6 is 0 Å². The number of nitrogens with zero attached hydrogens (tertiary/aromatic N) is 2. The number of ether oxygens (including phenoxy) is 2. The largest absolute Gasteiger partial charge is 0.493 e. The minimum Gasteiger partial charge on any atom is -0.493 e. The van der Waals surface area contributed by atoms with Crippen LogP contribution in [-0.4, -0.2) is 25.7 Å². The summed E-state index contributed by atoms with van der Waals surface area (Å²) in [6.07, 6.45) is 0.991. The number of anilines is 1. The standard InChI is InChI=1S/C17H20N2O2/c1-12-5-4-6-17(18-12)19-8-7-13-9-15(20-2)16(21-3)10-14(13)11-19/h4-6,9-10H,7-8,11H2,1-3H3. The van der Waals surface area contributed by atoms with E-state index in [9.17, 15) is 0 Å². The molecule has 2 aromatic rings. The van der Waals surface area contributed by atoms with Crippen LogP contribution in [-0.2, 0) is 13.0 Å². The van der Waals surface area contributed by atoms with Crippen molar-refractivity contribution in [2.75, 3.05) is 25.7 Å². The molecule has 0 N–H and O–H groups in total. The molecule has 1 aliphatic rings. The molecule has 0 amide bonds. The second-order valence-corrected chi connectivity index (χ2v) is 5.28. The van der Waals surface area contributed by atoms with Crippen molar-refractivity contribution in [2.45, 2.75) is 19.9 Å². The van der Waals surface area contributed by atoms with E-state index in [0.29, 0.717) is 0 Å². The molecular formula is C17H20N2O2. The Hall–Kier alpha value is -2.23. The molecule has 0 radical (unpaired) electrons. The van der Waals surface area contributed by atoms with Crippen molar-refractivity contribution in [3.05, 3.63) is 47.2 Å². The van der Waals surface area contributed by atoms with Gasteiger partial charge in [0.2, 0.25) is 0 Å². The van der Waals surface area contributed by atoms with Gasteiger partial charge in [0.05, 0.1) is 14.2 Å². The minimum absolute atomic E-state index is 0.787. The fourth-order valence-corrected chi connectivity index (χ4v) is 2.78. The quantitative estimate of drug-likeness (QED) is 0.868. The van der Waals surface area contributed by atoms with E-state index in [4.69, 9.17) is 9.47 Å². The minimum atomic E-state index is 0.787. The molecule has 4 heteroatoms. The van der Waals surface area contributed by atoms with Gasteiger partial charge in [-0.05, 0) is 48.7 Å². The summed E-state index contributed by atoms with van der Waals surface area (Å²) in [5.74, 6) is 2.63. The Kier molecular flexibility index (Phi) is 3.69. The van der Waals surface area contributed by atoms with Gasteiger partial charge in [-0.15, -0.1) is 0 Å². The number of rotatable bonds is 3. The van der Waals surface area contributed by atoms with Gasteiger partial charge in [-0.3, -0.25) is 0 Å². The first-order chi connectivity index (χ1) is 10.2. The lowest BCUT2D eigenvalue weighted by atomic mass is 9.99. The third-order valence-corrected chi connectivity index (χ3v) is 3.92. The first-order valence-electron chi connectivity index (χ1n) is 7.13. The topological polar surface area (TPSA) is 34.6 Å². The van der Waals surface area contributed by atoms with Crippen LogP contribution in [0.25, 0.3) is 0 Å². The van der Waals surface area contributed by atoms with Gasteiger partial charge in [-0.2, -0.15) is 0 Å². The van der Waals surface area contributed by atoms with Gasteiger partial charge in [0.15, 0.2) is 11.5 Å². The summed E-state index contributed by atoms with van der Waals surface area (Å²) < 4.78 is 10.8. The zero-order chi connectivity index (χ0) is 14.8. The van der Waals surface area contributed by atoms with Crippen molar-refractivity contribution >= 4 is 5.82 Å². The van der Waals surface area contributed by atoms with Crippen LogP contribution in [0.4, 0.5) is 5.82 Å². The Bertz CT molecular complexity index is 655. The summed E-state index contributed by atoms with van der Waals surface area (Å²) in [5.41, 5.74) is 3.66. The fraction of sp³-hybridized carbons (Fsp3) is 0.353. The van der Waals surface area contributed by atoms with Gasteiger partial charge < -0.3 is 14.4 Å². The molecule has 21 heavy (non-hydrogen) atoms. The molecule has 0 spiro atoms. The molecule has 3 rings (SSSR count). The maximum Gasteiger partial charge on any atom is 0.161 e. The first kappa shape index (κ1) is 13.7. The van der Waals surface area contributed by atoms with E-state index < -0.39 is 0 Å². The predicted molar refractivity (Wildman–Crippen MR) is 83.3 cm³/mol. The molecule has 4 nitrogen and oxygen atoms in total. The van der Waals surface area contributed by atoms with Crippen molar-refractivity contribution in [1.82, 2.24) is 4.98 Å². The van der Waals surface area contributed by atoms with Crippen LogP contribution in [0, 0.1) is 6.92 Å². The lowest BCUT2D eigenvalue weighted by Gasteiger charge is -2.30. The van der Waals surface area contributed by atoms with Gasteiger partial charge in [-0.25, -0.2) is 4.98 Å². The lowest BCUT2D eigenvalue weighted by Crippen LogP contribution is -2.31. The SMILES string of the molecule is COc1cc2c(cc1OC)CN(c1cccc(C)n1)CC2. The highest BCUT2D eigenvalue weighted by Gasteiger charge is 2.20. The molecule has 0 unspecified atom stereocenters. The molecule has 0 saturated carbocycles. The Balaban J connectivity index is 1.91. The summed E-state index contributed by atoms with van der Waals surface area (Å²) >= 11 is 0. The molecule has 1 aromatic heterocycles. The highest BCUT2D eigenvalue weighted by molar-refractivity contribution is 5.51. The van der Waals surface area contributed by atoms with Crippen LogP contribution in [0.1, 0.15) is 16.8 Å². The molecule has 0 saturated heterocycles. The van der Waals surface area contributed by atoms with Gasteiger partial charge in [-0.1, -0.05) is 6.07 Å². The maximum absolute atomic E-state index is 5.40. The third-order valence-electron chi connectivity index (χ3n) is 3.92. The number of aromatic nitrogens is 1. The van der Waals surface area contributed by atoms with E-state index in [1.165, 1.54) is 11.1 Å². The van der Waals surface area contributed by atoms with Crippen molar-refractivity contribution < 1.29 is 9.47 Å². The number of hydrogen-bond acceptors (Lipinski definition) is 4. The third kappa shape index (κ3) is 2.66. The van der Waals surface area contributed by atoms with Crippen molar-refractivity contribution in [1.29, 1.82) is 0 Å². The molecule has 1 aromatic carbocycles. The highest BCUT2D eigenvalue weighted by atomic mass is 16.5. The Morgan fingerprint density at radius 3 is 2.43 bits per heavy atom. The van der Waals surface area contributed by atoms with E-state index in [2.05, 4.69) is 34.1 Å².